The van der Waals surface area contributed by atoms with Crippen LogP contribution in [0.2, 0.25) is 0 Å². The van der Waals surface area contributed by atoms with Crippen LogP contribution in [-0.2, 0) is 11.3 Å². The molecule has 1 unspecified atom stereocenters. The van der Waals surface area contributed by atoms with E-state index in [-0.39, 0.29) is 19.0 Å². The minimum Gasteiger partial charge on any atom is -0.345 e. The fourth-order valence-corrected chi connectivity index (χ4v) is 2.19. The van der Waals surface area contributed by atoms with Crippen LogP contribution in [0.3, 0.4) is 0 Å². The van der Waals surface area contributed by atoms with Gasteiger partial charge in [-0.3, -0.25) is 9.48 Å². The lowest BCUT2D eigenvalue weighted by Crippen LogP contribution is -2.36. The molecule has 1 aliphatic heterocycles. The fraction of sp³-hybridized carbons (Fsp3) is 0.667. The summed E-state index contributed by atoms with van der Waals surface area (Å²) >= 11 is 0. The Labute approximate surface area is 126 Å². The highest BCUT2D eigenvalue weighted by Gasteiger charge is 2.27. The van der Waals surface area contributed by atoms with E-state index in [4.69, 9.17) is 0 Å². The minimum atomic E-state index is -4.39. The Kier molecular flexibility index (Phi) is 6.47. The molecule has 1 aromatic rings. The Morgan fingerprint density at radius 2 is 2.29 bits per heavy atom. The van der Waals surface area contributed by atoms with Crippen molar-refractivity contribution in [2.24, 2.45) is 0 Å². The molecule has 2 rings (SSSR count). The Bertz CT molecular complexity index is 458. The Morgan fingerprint density at radius 1 is 1.52 bits per heavy atom. The van der Waals surface area contributed by atoms with Gasteiger partial charge in [0.05, 0.1) is 5.69 Å². The third-order valence-electron chi connectivity index (χ3n) is 3.17. The molecule has 0 aromatic carbocycles. The summed E-state index contributed by atoms with van der Waals surface area (Å²) in [6.07, 6.45) is -0.663. The largest absolute Gasteiger partial charge is 0.405 e. The van der Waals surface area contributed by atoms with E-state index in [1.165, 1.54) is 4.68 Å². The van der Waals surface area contributed by atoms with Crippen molar-refractivity contribution < 1.29 is 18.0 Å². The van der Waals surface area contributed by atoms with Crippen molar-refractivity contribution in [2.75, 3.05) is 19.6 Å². The highest BCUT2D eigenvalue weighted by Crippen LogP contribution is 2.21. The summed E-state index contributed by atoms with van der Waals surface area (Å²) in [6, 6.07) is 1.81. The number of hydrogen-bond donors (Lipinski definition) is 2. The van der Waals surface area contributed by atoms with Gasteiger partial charge in [0.25, 0.3) is 0 Å². The van der Waals surface area contributed by atoms with Gasteiger partial charge in [-0.25, -0.2) is 0 Å². The van der Waals surface area contributed by atoms with Gasteiger partial charge in [-0.15, -0.1) is 12.4 Å². The first-order chi connectivity index (χ1) is 9.44. The average molecular weight is 327 g/mol. The molecule has 1 aromatic heterocycles. The lowest BCUT2D eigenvalue weighted by atomic mass is 9.97. The predicted octanol–water partition coefficient (Wildman–Crippen LogP) is 1.45. The van der Waals surface area contributed by atoms with E-state index < -0.39 is 18.6 Å². The van der Waals surface area contributed by atoms with Gasteiger partial charge >= 0.3 is 6.18 Å². The molecule has 1 amide bonds. The lowest BCUT2D eigenvalue weighted by Gasteiger charge is -2.20. The van der Waals surface area contributed by atoms with Crippen LogP contribution in [0.15, 0.2) is 12.3 Å². The topological polar surface area (TPSA) is 59.0 Å². The number of halogens is 4. The molecular weight excluding hydrogens is 309 g/mol. The molecule has 21 heavy (non-hydrogen) atoms. The van der Waals surface area contributed by atoms with Crippen LogP contribution in [0.4, 0.5) is 13.2 Å². The van der Waals surface area contributed by atoms with Crippen LogP contribution >= 0.6 is 12.4 Å². The third kappa shape index (κ3) is 5.92. The van der Waals surface area contributed by atoms with Crippen molar-refractivity contribution in [2.45, 2.75) is 31.5 Å². The second-order valence-electron chi connectivity index (χ2n) is 4.87. The van der Waals surface area contributed by atoms with E-state index in [2.05, 4.69) is 10.4 Å². The van der Waals surface area contributed by atoms with E-state index in [1.54, 1.807) is 6.20 Å². The first kappa shape index (κ1) is 17.8. The molecule has 0 aliphatic carbocycles. The molecule has 1 atom stereocenters. The van der Waals surface area contributed by atoms with Crippen LogP contribution < -0.4 is 10.6 Å². The number of rotatable bonds is 4. The molecule has 1 saturated heterocycles. The van der Waals surface area contributed by atoms with E-state index in [1.807, 2.05) is 11.4 Å². The number of nitrogens with zero attached hydrogens (tertiary/aromatic N) is 2. The molecule has 120 valence electrons. The monoisotopic (exact) mass is 326 g/mol. The third-order valence-corrected chi connectivity index (χ3v) is 3.17. The maximum absolute atomic E-state index is 12.0. The summed E-state index contributed by atoms with van der Waals surface area (Å²) in [5, 5.41) is 9.34. The van der Waals surface area contributed by atoms with Crippen molar-refractivity contribution in [3.63, 3.8) is 0 Å². The smallest absolute Gasteiger partial charge is 0.345 e. The predicted molar refractivity (Wildman–Crippen MR) is 73.4 cm³/mol. The highest BCUT2D eigenvalue weighted by atomic mass is 35.5. The van der Waals surface area contributed by atoms with Crippen molar-refractivity contribution in [1.29, 1.82) is 0 Å². The van der Waals surface area contributed by atoms with Gasteiger partial charge in [-0.1, -0.05) is 0 Å². The molecule has 5 nitrogen and oxygen atoms in total. The number of carbonyl (C=O) groups is 1. The molecule has 0 bridgehead atoms. The van der Waals surface area contributed by atoms with Gasteiger partial charge in [-0.05, 0) is 25.5 Å². The van der Waals surface area contributed by atoms with E-state index in [0.717, 1.165) is 31.6 Å². The van der Waals surface area contributed by atoms with Crippen LogP contribution in [0, 0.1) is 0 Å². The molecular formula is C12H18ClF3N4O. The van der Waals surface area contributed by atoms with Crippen molar-refractivity contribution in [3.8, 4) is 0 Å². The number of aromatic nitrogens is 2. The van der Waals surface area contributed by atoms with Crippen LogP contribution in [0.1, 0.15) is 24.5 Å². The fourth-order valence-electron chi connectivity index (χ4n) is 2.19. The standard InChI is InChI=1S/C12H17F3N4O.ClH/c13-12(14,15)8-17-11(20)7-19-5-3-10(18-19)9-2-1-4-16-6-9;/h3,5,9,16H,1-2,4,6-8H2,(H,17,20);1H. The van der Waals surface area contributed by atoms with Gasteiger partial charge in [0.1, 0.15) is 13.1 Å². The first-order valence-electron chi connectivity index (χ1n) is 6.51. The van der Waals surface area contributed by atoms with Gasteiger partial charge in [-0.2, -0.15) is 18.3 Å². The van der Waals surface area contributed by atoms with Crippen LogP contribution in [0.25, 0.3) is 0 Å². The number of carbonyl (C=O) groups excluding carboxylic acids is 1. The Hall–Kier alpha value is -1.28. The zero-order valence-corrected chi connectivity index (χ0v) is 12.1. The maximum Gasteiger partial charge on any atom is 0.405 e. The Balaban J connectivity index is 0.00000220. The molecule has 1 fully saturated rings. The second-order valence-corrected chi connectivity index (χ2v) is 4.87. The first-order valence-corrected chi connectivity index (χ1v) is 6.51. The zero-order chi connectivity index (χ0) is 14.6. The minimum absolute atomic E-state index is 0. The average Bonchev–Trinajstić information content (AvgIpc) is 2.85. The van der Waals surface area contributed by atoms with E-state index >= 15 is 0 Å². The van der Waals surface area contributed by atoms with Crippen molar-refractivity contribution >= 4 is 18.3 Å². The van der Waals surface area contributed by atoms with Crippen LogP contribution in [-0.4, -0.2) is 41.5 Å². The summed E-state index contributed by atoms with van der Waals surface area (Å²) in [6.45, 7) is 0.330. The van der Waals surface area contributed by atoms with Gasteiger partial charge in [0.2, 0.25) is 5.91 Å². The Morgan fingerprint density at radius 3 is 2.90 bits per heavy atom. The summed E-state index contributed by atoms with van der Waals surface area (Å²) < 4.78 is 37.2. The summed E-state index contributed by atoms with van der Waals surface area (Å²) in [5.41, 5.74) is 0.876. The molecule has 2 N–H and O–H groups in total. The molecule has 1 aliphatic rings. The van der Waals surface area contributed by atoms with Crippen molar-refractivity contribution in [3.05, 3.63) is 18.0 Å². The number of alkyl halides is 3. The molecule has 9 heteroatoms. The normalized spacial score (nSPS) is 18.9. The van der Waals surface area contributed by atoms with Crippen molar-refractivity contribution in [1.82, 2.24) is 20.4 Å². The highest BCUT2D eigenvalue weighted by molar-refractivity contribution is 5.85. The van der Waals surface area contributed by atoms with Gasteiger partial charge < -0.3 is 10.6 Å². The quantitative estimate of drug-likeness (QED) is 0.880. The zero-order valence-electron chi connectivity index (χ0n) is 11.3. The lowest BCUT2D eigenvalue weighted by molar-refractivity contribution is -0.138. The molecule has 0 saturated carbocycles. The SMILES string of the molecule is Cl.O=C(Cn1ccc(C2CCCNC2)n1)NCC(F)(F)F. The van der Waals surface area contributed by atoms with Gasteiger partial charge in [0, 0.05) is 18.7 Å². The molecule has 2 heterocycles. The number of hydrogen-bond acceptors (Lipinski definition) is 3. The van der Waals surface area contributed by atoms with E-state index in [0.29, 0.717) is 5.92 Å². The summed E-state index contributed by atoms with van der Waals surface area (Å²) in [4.78, 5) is 11.4. The number of nitrogens with one attached hydrogen (secondary N) is 2. The summed E-state index contributed by atoms with van der Waals surface area (Å²) in [7, 11) is 0. The van der Waals surface area contributed by atoms with Gasteiger partial charge in [0.15, 0.2) is 0 Å². The number of amides is 1. The van der Waals surface area contributed by atoms with Crippen LogP contribution in [0.5, 0.6) is 0 Å². The second kappa shape index (κ2) is 7.65. The molecule has 0 spiro atoms. The summed E-state index contributed by atoms with van der Waals surface area (Å²) in [5.74, 6) is -0.387. The molecule has 0 radical (unpaired) electrons. The number of piperidine rings is 1. The van der Waals surface area contributed by atoms with E-state index in [9.17, 15) is 18.0 Å². The maximum atomic E-state index is 12.0.